The van der Waals surface area contributed by atoms with Gasteiger partial charge in [0.2, 0.25) is 0 Å². The van der Waals surface area contributed by atoms with Gasteiger partial charge in [0.25, 0.3) is 0 Å². The molecule has 0 saturated heterocycles. The van der Waals surface area contributed by atoms with Crippen LogP contribution in [0.1, 0.15) is 80.1 Å². The van der Waals surface area contributed by atoms with Crippen LogP contribution in [0.4, 0.5) is 0 Å². The molecule has 96 valence electrons. The lowest BCUT2D eigenvalue weighted by Crippen LogP contribution is -2.30. The maximum Gasteiger partial charge on any atom is -0.0354 e. The minimum atomic E-state index is 0.501. The first-order valence-corrected chi connectivity index (χ1v) is 7.21. The Balaban J connectivity index is 2.72. The van der Waals surface area contributed by atoms with Crippen LogP contribution in [-0.2, 0) is 0 Å². The van der Waals surface area contributed by atoms with Gasteiger partial charge in [-0.1, -0.05) is 60.8 Å². The summed E-state index contributed by atoms with van der Waals surface area (Å²) in [5, 5.41) is 0. The summed E-state index contributed by atoms with van der Waals surface area (Å²) in [5.41, 5.74) is 1.00. The summed E-state index contributed by atoms with van der Waals surface area (Å²) in [5.74, 6) is 1.86. The van der Waals surface area contributed by atoms with E-state index in [1.807, 2.05) is 0 Å². The van der Waals surface area contributed by atoms with E-state index in [4.69, 9.17) is 0 Å². The van der Waals surface area contributed by atoms with Crippen LogP contribution in [0.25, 0.3) is 0 Å². The largest absolute Gasteiger partial charge is 0.0599 e. The lowest BCUT2D eigenvalue weighted by atomic mass is 9.65. The number of hydrogen-bond acceptors (Lipinski definition) is 0. The summed E-state index contributed by atoms with van der Waals surface area (Å²) in [6.45, 7) is 14.6. The number of rotatable bonds is 0. The Bertz CT molecular complexity index is 179. The van der Waals surface area contributed by atoms with Crippen LogP contribution in [0.2, 0.25) is 0 Å². The van der Waals surface area contributed by atoms with Crippen molar-refractivity contribution < 1.29 is 0 Å². The van der Waals surface area contributed by atoms with Crippen LogP contribution in [0, 0.1) is 22.7 Å². The van der Waals surface area contributed by atoms with Crippen molar-refractivity contribution in [2.24, 2.45) is 22.7 Å². The number of hydrogen-bond donors (Lipinski definition) is 0. The van der Waals surface area contributed by atoms with Crippen LogP contribution in [0.3, 0.4) is 0 Å². The molecular formula is C16H32. The Hall–Kier alpha value is 0. The molecule has 0 nitrogen and oxygen atoms in total. The van der Waals surface area contributed by atoms with Crippen LogP contribution < -0.4 is 0 Å². The lowest BCUT2D eigenvalue weighted by Gasteiger charge is -2.40. The first-order chi connectivity index (χ1) is 7.21. The summed E-state index contributed by atoms with van der Waals surface area (Å²) >= 11 is 0. The van der Waals surface area contributed by atoms with Gasteiger partial charge in [-0.25, -0.2) is 0 Å². The smallest absolute Gasteiger partial charge is 0.0354 e. The molecule has 1 aliphatic rings. The second-order valence-electron chi connectivity index (χ2n) is 8.00. The van der Waals surface area contributed by atoms with Gasteiger partial charge in [-0.2, -0.15) is 0 Å². The average Bonchev–Trinajstić information content (AvgIpc) is 1.96. The molecule has 0 aromatic heterocycles. The lowest BCUT2D eigenvalue weighted by molar-refractivity contribution is 0.105. The monoisotopic (exact) mass is 224 g/mol. The molecule has 0 bridgehead atoms. The van der Waals surface area contributed by atoms with Crippen molar-refractivity contribution in [3.05, 3.63) is 0 Å². The van der Waals surface area contributed by atoms with Crippen molar-refractivity contribution in [3.8, 4) is 0 Å². The van der Waals surface area contributed by atoms with Gasteiger partial charge in [0.15, 0.2) is 0 Å². The van der Waals surface area contributed by atoms with Crippen LogP contribution in [0.5, 0.6) is 0 Å². The molecule has 0 spiro atoms. The van der Waals surface area contributed by atoms with E-state index in [0.29, 0.717) is 10.8 Å². The fraction of sp³-hybridized carbons (Fsp3) is 1.00. The molecule has 0 radical (unpaired) electrons. The third-order valence-corrected chi connectivity index (χ3v) is 4.62. The summed E-state index contributed by atoms with van der Waals surface area (Å²) in [6.07, 6.45) is 8.73. The predicted octanol–water partition coefficient (Wildman–Crippen LogP) is 5.67. The van der Waals surface area contributed by atoms with Crippen LogP contribution >= 0.6 is 0 Å². The molecule has 0 N–H and O–H groups in total. The molecule has 2 atom stereocenters. The summed E-state index contributed by atoms with van der Waals surface area (Å²) in [7, 11) is 0. The molecule has 0 aliphatic heterocycles. The van der Waals surface area contributed by atoms with Gasteiger partial charge in [-0.05, 0) is 41.9 Å². The Morgan fingerprint density at radius 1 is 0.625 bits per heavy atom. The second kappa shape index (κ2) is 5.10. The fourth-order valence-electron chi connectivity index (χ4n) is 3.11. The standard InChI is InChI=1S/C16H32/c1-15(2,3)13-10-8-7-9-11-14(12-13)16(4,5)6/h13-14H,7-12H2,1-6H3. The van der Waals surface area contributed by atoms with Crippen molar-refractivity contribution in [1.82, 2.24) is 0 Å². The molecule has 1 aliphatic carbocycles. The molecule has 0 heteroatoms. The highest BCUT2D eigenvalue weighted by atomic mass is 14.4. The van der Waals surface area contributed by atoms with E-state index in [1.165, 1.54) is 38.5 Å². The zero-order chi connectivity index (χ0) is 12.4. The maximum atomic E-state index is 2.43. The van der Waals surface area contributed by atoms with Crippen molar-refractivity contribution in [1.29, 1.82) is 0 Å². The molecule has 2 unspecified atom stereocenters. The first-order valence-electron chi connectivity index (χ1n) is 7.21. The Labute approximate surface area is 103 Å². The van der Waals surface area contributed by atoms with E-state index in [9.17, 15) is 0 Å². The highest BCUT2D eigenvalue weighted by Crippen LogP contribution is 2.43. The Morgan fingerprint density at radius 3 is 1.31 bits per heavy atom. The minimum absolute atomic E-state index is 0.501. The predicted molar refractivity (Wildman–Crippen MR) is 73.6 cm³/mol. The average molecular weight is 224 g/mol. The van der Waals surface area contributed by atoms with Gasteiger partial charge in [0, 0.05) is 0 Å². The zero-order valence-electron chi connectivity index (χ0n) is 12.4. The molecule has 1 rings (SSSR count). The van der Waals surface area contributed by atoms with E-state index in [-0.39, 0.29) is 0 Å². The summed E-state index contributed by atoms with van der Waals surface area (Å²) in [4.78, 5) is 0. The van der Waals surface area contributed by atoms with Crippen molar-refractivity contribution >= 4 is 0 Å². The minimum Gasteiger partial charge on any atom is -0.0599 e. The van der Waals surface area contributed by atoms with Crippen molar-refractivity contribution in [2.45, 2.75) is 80.1 Å². The summed E-state index contributed by atoms with van der Waals surface area (Å²) in [6, 6.07) is 0. The zero-order valence-corrected chi connectivity index (χ0v) is 12.4. The third-order valence-electron chi connectivity index (χ3n) is 4.62. The Morgan fingerprint density at radius 2 is 1.00 bits per heavy atom. The molecule has 16 heavy (non-hydrogen) atoms. The van der Waals surface area contributed by atoms with Crippen molar-refractivity contribution in [3.63, 3.8) is 0 Å². The molecule has 1 saturated carbocycles. The van der Waals surface area contributed by atoms with E-state index in [0.717, 1.165) is 11.8 Å². The topological polar surface area (TPSA) is 0 Å². The van der Waals surface area contributed by atoms with Gasteiger partial charge in [-0.15, -0.1) is 0 Å². The van der Waals surface area contributed by atoms with Crippen LogP contribution in [-0.4, -0.2) is 0 Å². The normalized spacial score (nSPS) is 29.6. The van der Waals surface area contributed by atoms with E-state index in [1.54, 1.807) is 0 Å². The van der Waals surface area contributed by atoms with E-state index in [2.05, 4.69) is 41.5 Å². The van der Waals surface area contributed by atoms with Crippen LogP contribution in [0.15, 0.2) is 0 Å². The van der Waals surface area contributed by atoms with Crippen molar-refractivity contribution in [2.75, 3.05) is 0 Å². The SMILES string of the molecule is CC(C)(C)C1CCCCCC(C(C)(C)C)C1. The van der Waals surface area contributed by atoms with E-state index >= 15 is 0 Å². The molecule has 1 fully saturated rings. The molecular weight excluding hydrogens is 192 g/mol. The fourth-order valence-corrected chi connectivity index (χ4v) is 3.11. The Kier molecular flexibility index (Phi) is 4.49. The molecule has 0 amide bonds. The van der Waals surface area contributed by atoms with Gasteiger partial charge in [0.05, 0.1) is 0 Å². The van der Waals surface area contributed by atoms with E-state index < -0.39 is 0 Å². The first kappa shape index (κ1) is 14.1. The molecule has 0 heterocycles. The highest BCUT2D eigenvalue weighted by molar-refractivity contribution is 4.83. The second-order valence-corrected chi connectivity index (χ2v) is 8.00. The van der Waals surface area contributed by atoms with Gasteiger partial charge in [0.1, 0.15) is 0 Å². The molecule has 0 aromatic rings. The van der Waals surface area contributed by atoms with Gasteiger partial charge in [-0.3, -0.25) is 0 Å². The quantitative estimate of drug-likeness (QED) is 0.497. The van der Waals surface area contributed by atoms with Gasteiger partial charge >= 0.3 is 0 Å². The van der Waals surface area contributed by atoms with Gasteiger partial charge < -0.3 is 0 Å². The maximum absolute atomic E-state index is 2.43. The highest BCUT2D eigenvalue weighted by Gasteiger charge is 2.33. The molecule has 0 aromatic carbocycles. The third kappa shape index (κ3) is 4.11. The summed E-state index contributed by atoms with van der Waals surface area (Å²) < 4.78 is 0.